The van der Waals surface area contributed by atoms with E-state index in [9.17, 15) is 4.79 Å². The molecule has 2 aromatic carbocycles. The van der Waals surface area contributed by atoms with Gasteiger partial charge in [0.2, 0.25) is 0 Å². The van der Waals surface area contributed by atoms with Gasteiger partial charge in [-0.25, -0.2) is 0 Å². The number of amides is 1. The lowest BCUT2D eigenvalue weighted by atomic mass is 9.87. The third-order valence-electron chi connectivity index (χ3n) is 5.81. The van der Waals surface area contributed by atoms with Crippen molar-refractivity contribution in [3.63, 3.8) is 0 Å². The lowest BCUT2D eigenvalue weighted by molar-refractivity contribution is 0.0970. The van der Waals surface area contributed by atoms with Crippen molar-refractivity contribution in [2.24, 2.45) is 0 Å². The van der Waals surface area contributed by atoms with Crippen LogP contribution in [0.15, 0.2) is 60.7 Å². The highest BCUT2D eigenvalue weighted by atomic mass is 16.2. The van der Waals surface area contributed by atoms with Gasteiger partial charge in [0.05, 0.1) is 11.2 Å². The highest BCUT2D eigenvalue weighted by Gasteiger charge is 2.37. The molecule has 2 heterocycles. The molecule has 0 spiro atoms. The Balaban J connectivity index is 1.69. The van der Waals surface area contributed by atoms with E-state index in [4.69, 9.17) is 0 Å². The van der Waals surface area contributed by atoms with Crippen molar-refractivity contribution in [3.8, 4) is 0 Å². The van der Waals surface area contributed by atoms with E-state index in [0.29, 0.717) is 0 Å². The molecule has 1 saturated heterocycles. The number of carbonyl (C=O) groups excluding carboxylic acids is 1. The first-order valence-corrected chi connectivity index (χ1v) is 10.1. The van der Waals surface area contributed by atoms with Gasteiger partial charge in [-0.05, 0) is 44.7 Å². The van der Waals surface area contributed by atoms with Gasteiger partial charge < -0.3 is 4.90 Å². The number of rotatable bonds is 3. The number of hydrogen-bond donors (Lipinski definition) is 0. The van der Waals surface area contributed by atoms with Crippen LogP contribution in [-0.2, 0) is 0 Å². The average Bonchev–Trinajstić information content (AvgIpc) is 2.69. The van der Waals surface area contributed by atoms with E-state index >= 15 is 0 Å². The molecule has 2 aliphatic heterocycles. The van der Waals surface area contributed by atoms with Gasteiger partial charge in [0.15, 0.2) is 0 Å². The van der Waals surface area contributed by atoms with Gasteiger partial charge in [-0.2, -0.15) is 0 Å². The van der Waals surface area contributed by atoms with Gasteiger partial charge >= 0.3 is 0 Å². The highest BCUT2D eigenvalue weighted by Crippen LogP contribution is 2.40. The smallest absolute Gasteiger partial charge is 0.259 e. The van der Waals surface area contributed by atoms with Crippen molar-refractivity contribution in [1.82, 2.24) is 9.80 Å². The van der Waals surface area contributed by atoms with Gasteiger partial charge in [0.25, 0.3) is 5.91 Å². The molecule has 1 amide bonds. The van der Waals surface area contributed by atoms with E-state index < -0.39 is 0 Å². The van der Waals surface area contributed by atoms with Crippen LogP contribution in [0.25, 0.3) is 5.57 Å². The second-order valence-electron chi connectivity index (χ2n) is 8.43. The number of carbonyl (C=O) groups is 1. The SMILES string of the molecule is CN1CCN(CC2=CC(C)(C)N(C(=O)c3ccccc3)c3ccccc32)CC1. The van der Waals surface area contributed by atoms with E-state index in [1.54, 1.807) is 0 Å². The molecule has 2 aliphatic rings. The number of likely N-dealkylation sites (N-methyl/N-ethyl adjacent to an activating group) is 1. The lowest BCUT2D eigenvalue weighted by Gasteiger charge is -2.43. The molecule has 0 aliphatic carbocycles. The minimum atomic E-state index is -0.386. The van der Waals surface area contributed by atoms with Gasteiger partial charge in [0, 0.05) is 43.9 Å². The maximum Gasteiger partial charge on any atom is 0.259 e. The van der Waals surface area contributed by atoms with Gasteiger partial charge in [0.1, 0.15) is 0 Å². The lowest BCUT2D eigenvalue weighted by Crippen LogP contribution is -2.50. The van der Waals surface area contributed by atoms with Crippen LogP contribution >= 0.6 is 0 Å². The minimum Gasteiger partial charge on any atom is -0.304 e. The number of nitrogens with zero attached hydrogens (tertiary/aromatic N) is 3. The Hall–Kier alpha value is -2.43. The standard InChI is InChI=1S/C24H29N3O/c1-24(2)17-20(18-26-15-13-25(3)14-16-26)21-11-7-8-12-22(21)27(24)23(28)19-9-5-4-6-10-19/h4-12,17H,13-16,18H2,1-3H3. The molecule has 28 heavy (non-hydrogen) atoms. The maximum atomic E-state index is 13.4. The van der Waals surface area contributed by atoms with E-state index in [1.165, 1.54) is 11.1 Å². The average molecular weight is 376 g/mol. The Kier molecular flexibility index (Phi) is 5.09. The summed E-state index contributed by atoms with van der Waals surface area (Å²) in [5.41, 5.74) is 3.84. The molecule has 146 valence electrons. The number of fused-ring (bicyclic) bond motifs is 1. The molecule has 1 fully saturated rings. The van der Waals surface area contributed by atoms with Crippen LogP contribution in [0.1, 0.15) is 29.8 Å². The van der Waals surface area contributed by atoms with Crippen LogP contribution in [0.5, 0.6) is 0 Å². The summed E-state index contributed by atoms with van der Waals surface area (Å²) < 4.78 is 0. The fourth-order valence-corrected chi connectivity index (χ4v) is 4.28. The van der Waals surface area contributed by atoms with E-state index in [1.807, 2.05) is 41.3 Å². The summed E-state index contributed by atoms with van der Waals surface area (Å²) in [5, 5.41) is 0. The number of piperazine rings is 1. The molecule has 0 aromatic heterocycles. The summed E-state index contributed by atoms with van der Waals surface area (Å²) in [6.45, 7) is 9.59. The van der Waals surface area contributed by atoms with Crippen molar-refractivity contribution in [1.29, 1.82) is 0 Å². The molecular formula is C24H29N3O. The van der Waals surface area contributed by atoms with Crippen molar-refractivity contribution in [3.05, 3.63) is 71.8 Å². The summed E-state index contributed by atoms with van der Waals surface area (Å²) in [6, 6.07) is 17.9. The van der Waals surface area contributed by atoms with Crippen LogP contribution in [0.3, 0.4) is 0 Å². The molecule has 0 N–H and O–H groups in total. The van der Waals surface area contributed by atoms with Crippen LogP contribution in [-0.4, -0.2) is 61.0 Å². The molecule has 4 nitrogen and oxygen atoms in total. The minimum absolute atomic E-state index is 0.0490. The van der Waals surface area contributed by atoms with Gasteiger partial charge in [-0.3, -0.25) is 14.6 Å². The van der Waals surface area contributed by atoms with E-state index in [0.717, 1.165) is 44.0 Å². The Morgan fingerprint density at radius 3 is 2.29 bits per heavy atom. The number of para-hydroxylation sites is 1. The van der Waals surface area contributed by atoms with Crippen molar-refractivity contribution in [2.75, 3.05) is 44.7 Å². The topological polar surface area (TPSA) is 26.8 Å². The van der Waals surface area contributed by atoms with Crippen LogP contribution < -0.4 is 4.90 Å². The van der Waals surface area contributed by atoms with Crippen molar-refractivity contribution in [2.45, 2.75) is 19.4 Å². The van der Waals surface area contributed by atoms with Crippen molar-refractivity contribution >= 4 is 17.2 Å². The Bertz CT molecular complexity index is 880. The normalized spacial score (nSPS) is 19.8. The summed E-state index contributed by atoms with van der Waals surface area (Å²) >= 11 is 0. The quantitative estimate of drug-likeness (QED) is 0.817. The fourth-order valence-electron chi connectivity index (χ4n) is 4.28. The van der Waals surface area contributed by atoms with Crippen LogP contribution in [0.2, 0.25) is 0 Å². The molecule has 0 saturated carbocycles. The number of benzene rings is 2. The van der Waals surface area contributed by atoms with Gasteiger partial charge in [-0.15, -0.1) is 0 Å². The zero-order chi connectivity index (χ0) is 19.7. The second kappa shape index (κ2) is 7.53. The zero-order valence-corrected chi connectivity index (χ0v) is 17.1. The van der Waals surface area contributed by atoms with Crippen molar-refractivity contribution < 1.29 is 4.79 Å². The van der Waals surface area contributed by atoms with E-state index in [2.05, 4.69) is 55.0 Å². The fraction of sp³-hybridized carbons (Fsp3) is 0.375. The second-order valence-corrected chi connectivity index (χ2v) is 8.43. The zero-order valence-electron chi connectivity index (χ0n) is 17.1. The van der Waals surface area contributed by atoms with Crippen LogP contribution in [0.4, 0.5) is 5.69 Å². The predicted octanol–water partition coefficient (Wildman–Crippen LogP) is 3.76. The van der Waals surface area contributed by atoms with Gasteiger partial charge in [-0.1, -0.05) is 42.5 Å². The molecule has 4 heteroatoms. The highest BCUT2D eigenvalue weighted by molar-refractivity contribution is 6.10. The first-order chi connectivity index (χ1) is 13.5. The third kappa shape index (κ3) is 3.62. The summed E-state index contributed by atoms with van der Waals surface area (Å²) in [6.07, 6.45) is 2.29. The van der Waals surface area contributed by atoms with Crippen LogP contribution in [0, 0.1) is 0 Å². The largest absolute Gasteiger partial charge is 0.304 e. The number of anilines is 1. The summed E-state index contributed by atoms with van der Waals surface area (Å²) in [4.78, 5) is 20.2. The number of hydrogen-bond acceptors (Lipinski definition) is 3. The Morgan fingerprint density at radius 1 is 0.929 bits per heavy atom. The molecule has 0 radical (unpaired) electrons. The summed E-state index contributed by atoms with van der Waals surface area (Å²) in [5.74, 6) is 0.0490. The maximum absolute atomic E-state index is 13.4. The monoisotopic (exact) mass is 375 g/mol. The van der Waals surface area contributed by atoms with E-state index in [-0.39, 0.29) is 11.4 Å². The Labute approximate surface area is 168 Å². The molecule has 0 atom stereocenters. The molecular weight excluding hydrogens is 346 g/mol. The third-order valence-corrected chi connectivity index (χ3v) is 5.81. The summed E-state index contributed by atoms with van der Waals surface area (Å²) in [7, 11) is 2.18. The Morgan fingerprint density at radius 2 is 1.57 bits per heavy atom. The molecule has 2 aromatic rings. The molecule has 0 unspecified atom stereocenters. The molecule has 0 bridgehead atoms. The molecule has 4 rings (SSSR count). The first-order valence-electron chi connectivity index (χ1n) is 10.1. The first kappa shape index (κ1) is 18.9. The predicted molar refractivity (Wildman–Crippen MR) is 116 cm³/mol.